The highest BCUT2D eigenvalue weighted by atomic mass is 127. The number of ether oxygens (including phenoxy) is 2. The Morgan fingerprint density at radius 2 is 1.89 bits per heavy atom. The predicted octanol–water partition coefficient (Wildman–Crippen LogP) is 4.35. The summed E-state index contributed by atoms with van der Waals surface area (Å²) in [6, 6.07) is 11.7. The minimum Gasteiger partial charge on any atom is -0.497 e. The molecule has 3 aromatic rings. The molecule has 6 nitrogen and oxygen atoms in total. The predicted molar refractivity (Wildman–Crippen MR) is 122 cm³/mol. The van der Waals surface area contributed by atoms with Gasteiger partial charge in [-0.05, 0) is 49.2 Å². The number of guanidine groups is 1. The van der Waals surface area contributed by atoms with Gasteiger partial charge >= 0.3 is 0 Å². The van der Waals surface area contributed by atoms with Crippen LogP contribution in [0.4, 0.5) is 5.69 Å². The molecule has 4 N–H and O–H groups in total. The van der Waals surface area contributed by atoms with Crippen LogP contribution in [0, 0.1) is 13.8 Å². The molecule has 3 rings (SSSR count). The lowest BCUT2D eigenvalue weighted by Crippen LogP contribution is -2.23. The van der Waals surface area contributed by atoms with Crippen LogP contribution in [0.3, 0.4) is 0 Å². The molecule has 0 saturated carbocycles. The highest BCUT2D eigenvalue weighted by Gasteiger charge is 2.07. The SMILES string of the molecule is COc1ccc(OC)c(NC(N)=NCc2ccc3[nH]c(C)c(C)c3c2)c1.I. The number of aromatic nitrogens is 1. The minimum absolute atomic E-state index is 0. The molecular formula is C20H25IN4O2. The molecule has 1 heterocycles. The monoisotopic (exact) mass is 480 g/mol. The van der Waals surface area contributed by atoms with E-state index >= 15 is 0 Å². The first-order valence-electron chi connectivity index (χ1n) is 8.38. The van der Waals surface area contributed by atoms with Crippen molar-refractivity contribution in [2.45, 2.75) is 20.4 Å². The number of anilines is 1. The Kier molecular flexibility index (Phi) is 6.95. The van der Waals surface area contributed by atoms with Crippen molar-refractivity contribution in [2.75, 3.05) is 19.5 Å². The third-order valence-corrected chi connectivity index (χ3v) is 4.47. The summed E-state index contributed by atoms with van der Waals surface area (Å²) in [5, 5.41) is 4.29. The van der Waals surface area contributed by atoms with Crippen LogP contribution < -0.4 is 20.5 Å². The van der Waals surface area contributed by atoms with Gasteiger partial charge in [0.05, 0.1) is 26.5 Å². The van der Waals surface area contributed by atoms with Crippen LogP contribution in [0.5, 0.6) is 11.5 Å². The van der Waals surface area contributed by atoms with E-state index in [4.69, 9.17) is 15.2 Å². The third-order valence-electron chi connectivity index (χ3n) is 4.47. The van der Waals surface area contributed by atoms with Gasteiger partial charge in [0, 0.05) is 22.7 Å². The maximum atomic E-state index is 6.05. The van der Waals surface area contributed by atoms with Crippen LogP contribution in [0.15, 0.2) is 41.4 Å². The van der Waals surface area contributed by atoms with Gasteiger partial charge in [-0.25, -0.2) is 4.99 Å². The molecule has 0 radical (unpaired) electrons. The average molecular weight is 480 g/mol. The zero-order valence-electron chi connectivity index (χ0n) is 15.9. The summed E-state index contributed by atoms with van der Waals surface area (Å²) < 4.78 is 10.6. The van der Waals surface area contributed by atoms with Gasteiger partial charge in [-0.1, -0.05) is 6.07 Å². The lowest BCUT2D eigenvalue weighted by Gasteiger charge is -2.12. The summed E-state index contributed by atoms with van der Waals surface area (Å²) in [4.78, 5) is 7.82. The Bertz CT molecular complexity index is 966. The fourth-order valence-corrected chi connectivity index (χ4v) is 2.87. The Hall–Kier alpha value is -2.42. The van der Waals surface area contributed by atoms with Gasteiger partial charge < -0.3 is 25.5 Å². The van der Waals surface area contributed by atoms with Crippen LogP contribution in [0.1, 0.15) is 16.8 Å². The normalized spacial score (nSPS) is 11.2. The molecule has 0 spiro atoms. The largest absolute Gasteiger partial charge is 0.497 e. The van der Waals surface area contributed by atoms with Crippen molar-refractivity contribution in [3.8, 4) is 11.5 Å². The number of aryl methyl sites for hydroxylation is 2. The van der Waals surface area contributed by atoms with Crippen molar-refractivity contribution < 1.29 is 9.47 Å². The number of H-pyrrole nitrogens is 1. The molecule has 0 fully saturated rings. The number of halogens is 1. The molecule has 1 aromatic heterocycles. The lowest BCUT2D eigenvalue weighted by molar-refractivity contribution is 0.405. The number of benzene rings is 2. The summed E-state index contributed by atoms with van der Waals surface area (Å²) in [6.07, 6.45) is 0. The molecule has 7 heteroatoms. The second-order valence-electron chi connectivity index (χ2n) is 6.15. The zero-order valence-corrected chi connectivity index (χ0v) is 18.3. The smallest absolute Gasteiger partial charge is 0.193 e. The standard InChI is InChI=1S/C20H24N4O2.HI/c1-12-13(2)23-17-7-5-14(9-16(12)17)11-22-20(21)24-18-10-15(25-3)6-8-19(18)26-4;/h5-10,23H,11H2,1-4H3,(H3,21,22,24);1H. The maximum Gasteiger partial charge on any atom is 0.193 e. The first-order valence-corrected chi connectivity index (χ1v) is 8.38. The molecule has 0 amide bonds. The van der Waals surface area contributed by atoms with Gasteiger partial charge in [-0.15, -0.1) is 24.0 Å². The summed E-state index contributed by atoms with van der Waals surface area (Å²) in [6.45, 7) is 4.69. The van der Waals surface area contributed by atoms with E-state index in [9.17, 15) is 0 Å². The van der Waals surface area contributed by atoms with Crippen molar-refractivity contribution in [2.24, 2.45) is 10.7 Å². The Morgan fingerprint density at radius 1 is 1.11 bits per heavy atom. The fourth-order valence-electron chi connectivity index (χ4n) is 2.87. The number of methoxy groups -OCH3 is 2. The number of nitrogens with two attached hydrogens (primary N) is 1. The molecule has 0 bridgehead atoms. The van der Waals surface area contributed by atoms with E-state index in [-0.39, 0.29) is 24.0 Å². The number of rotatable bonds is 5. The van der Waals surface area contributed by atoms with Crippen molar-refractivity contribution >= 4 is 46.5 Å². The molecule has 0 aliphatic rings. The van der Waals surface area contributed by atoms with Crippen LogP contribution in [0.2, 0.25) is 0 Å². The molecular weight excluding hydrogens is 455 g/mol. The summed E-state index contributed by atoms with van der Waals surface area (Å²) in [5.41, 5.74) is 11.4. The lowest BCUT2D eigenvalue weighted by atomic mass is 10.1. The fraction of sp³-hybridized carbons (Fsp3) is 0.250. The first-order chi connectivity index (χ1) is 12.5. The highest BCUT2D eigenvalue weighted by molar-refractivity contribution is 14.0. The topological polar surface area (TPSA) is 84.7 Å². The molecule has 0 aliphatic carbocycles. The average Bonchev–Trinajstić information content (AvgIpc) is 2.93. The number of nitrogens with zero attached hydrogens (tertiary/aromatic N) is 1. The van der Waals surface area contributed by atoms with Gasteiger partial charge in [-0.2, -0.15) is 0 Å². The highest BCUT2D eigenvalue weighted by Crippen LogP contribution is 2.28. The number of hydrogen-bond acceptors (Lipinski definition) is 3. The van der Waals surface area contributed by atoms with Crippen molar-refractivity contribution in [3.05, 3.63) is 53.2 Å². The van der Waals surface area contributed by atoms with Gasteiger partial charge in [0.25, 0.3) is 0 Å². The van der Waals surface area contributed by atoms with E-state index in [2.05, 4.69) is 47.3 Å². The van der Waals surface area contributed by atoms with E-state index in [0.717, 1.165) is 11.1 Å². The molecule has 0 saturated heterocycles. The molecule has 144 valence electrons. The van der Waals surface area contributed by atoms with E-state index in [0.29, 0.717) is 29.7 Å². The Labute approximate surface area is 176 Å². The van der Waals surface area contributed by atoms with Crippen molar-refractivity contribution in [3.63, 3.8) is 0 Å². The number of aromatic amines is 1. The van der Waals surface area contributed by atoms with E-state index in [1.807, 2.05) is 18.2 Å². The number of hydrogen-bond donors (Lipinski definition) is 3. The van der Waals surface area contributed by atoms with E-state index in [1.165, 1.54) is 16.6 Å². The van der Waals surface area contributed by atoms with Crippen molar-refractivity contribution in [1.82, 2.24) is 4.98 Å². The van der Waals surface area contributed by atoms with Crippen LogP contribution >= 0.6 is 24.0 Å². The number of aliphatic imine (C=N–C) groups is 1. The second kappa shape index (κ2) is 8.98. The molecule has 0 unspecified atom stereocenters. The van der Waals surface area contributed by atoms with Gasteiger partial charge in [0.1, 0.15) is 11.5 Å². The second-order valence-corrected chi connectivity index (χ2v) is 6.15. The Morgan fingerprint density at radius 3 is 2.59 bits per heavy atom. The molecule has 0 aliphatic heterocycles. The third kappa shape index (κ3) is 4.65. The summed E-state index contributed by atoms with van der Waals surface area (Å²) in [7, 11) is 3.22. The number of nitrogens with one attached hydrogen (secondary N) is 2. The van der Waals surface area contributed by atoms with Crippen LogP contribution in [-0.4, -0.2) is 25.2 Å². The molecule has 2 aromatic carbocycles. The summed E-state index contributed by atoms with van der Waals surface area (Å²) in [5.74, 6) is 1.70. The maximum absolute atomic E-state index is 6.05. The van der Waals surface area contributed by atoms with Crippen molar-refractivity contribution in [1.29, 1.82) is 0 Å². The summed E-state index contributed by atoms with van der Waals surface area (Å²) >= 11 is 0. The zero-order chi connectivity index (χ0) is 18.7. The molecule has 0 atom stereocenters. The van der Waals surface area contributed by atoms with E-state index in [1.54, 1.807) is 14.2 Å². The van der Waals surface area contributed by atoms with Crippen LogP contribution in [-0.2, 0) is 6.54 Å². The minimum atomic E-state index is 0. The van der Waals surface area contributed by atoms with E-state index < -0.39 is 0 Å². The van der Waals surface area contributed by atoms with Gasteiger partial charge in [-0.3, -0.25) is 0 Å². The van der Waals surface area contributed by atoms with Gasteiger partial charge in [0.2, 0.25) is 0 Å². The quantitative estimate of drug-likeness (QED) is 0.288. The van der Waals surface area contributed by atoms with Gasteiger partial charge in [0.15, 0.2) is 5.96 Å². The molecule has 27 heavy (non-hydrogen) atoms. The first kappa shape index (κ1) is 20.9. The van der Waals surface area contributed by atoms with Crippen LogP contribution in [0.25, 0.3) is 10.9 Å². The Balaban J connectivity index is 0.00000261. The number of fused-ring (bicyclic) bond motifs is 1.